The van der Waals surface area contributed by atoms with E-state index < -0.39 is 0 Å². The number of nitro benzene ring substituents is 1. The lowest BCUT2D eigenvalue weighted by Crippen LogP contribution is -2.18. The predicted molar refractivity (Wildman–Crippen MR) is 82.9 cm³/mol. The molecular weight excluding hydrogens is 342 g/mol. The van der Waals surface area contributed by atoms with Gasteiger partial charge in [0.2, 0.25) is 0 Å². The van der Waals surface area contributed by atoms with E-state index in [1.165, 1.54) is 6.07 Å². The smallest absolute Gasteiger partial charge is 0.273 e. The van der Waals surface area contributed by atoms with Crippen molar-refractivity contribution in [3.8, 4) is 0 Å². The van der Waals surface area contributed by atoms with Gasteiger partial charge in [-0.25, -0.2) is 4.98 Å². The van der Waals surface area contributed by atoms with Crippen molar-refractivity contribution >= 4 is 33.0 Å². The van der Waals surface area contributed by atoms with Crippen molar-refractivity contribution in [1.29, 1.82) is 0 Å². The van der Waals surface area contributed by atoms with Crippen LogP contribution in [0.15, 0.2) is 28.9 Å². The highest BCUT2D eigenvalue weighted by Crippen LogP contribution is 2.24. The Kier molecular flexibility index (Phi) is 4.85. The fourth-order valence-electron chi connectivity index (χ4n) is 1.80. The molecule has 5 nitrogen and oxygen atoms in total. The van der Waals surface area contributed by atoms with Crippen molar-refractivity contribution in [2.24, 2.45) is 0 Å². The number of nitrogens with one attached hydrogen (secondary N) is 1. The lowest BCUT2D eigenvalue weighted by Gasteiger charge is -2.11. The summed E-state index contributed by atoms with van der Waals surface area (Å²) < 4.78 is 0.831. The molecule has 0 aliphatic rings. The first-order valence-electron chi connectivity index (χ1n) is 6.06. The summed E-state index contributed by atoms with van der Waals surface area (Å²) in [5, 5.41) is 15.3. The quantitative estimate of drug-likeness (QED) is 0.650. The molecule has 7 heteroatoms. The molecule has 1 aromatic carbocycles. The molecule has 0 fully saturated rings. The van der Waals surface area contributed by atoms with E-state index in [1.54, 1.807) is 23.5 Å². The normalized spacial score (nSPS) is 12.3. The molecule has 106 valence electrons. The van der Waals surface area contributed by atoms with Crippen LogP contribution in [-0.2, 0) is 6.54 Å². The zero-order valence-electron chi connectivity index (χ0n) is 11.1. The Hall–Kier alpha value is -1.31. The molecule has 0 spiro atoms. The van der Waals surface area contributed by atoms with E-state index in [4.69, 9.17) is 0 Å². The van der Waals surface area contributed by atoms with Crippen molar-refractivity contribution in [2.75, 3.05) is 0 Å². The average Bonchev–Trinajstić information content (AvgIpc) is 2.82. The summed E-state index contributed by atoms with van der Waals surface area (Å²) in [5.74, 6) is 0. The Morgan fingerprint density at radius 3 is 2.90 bits per heavy atom. The van der Waals surface area contributed by atoms with Gasteiger partial charge in [-0.3, -0.25) is 10.1 Å². The molecule has 1 heterocycles. The van der Waals surface area contributed by atoms with Gasteiger partial charge < -0.3 is 5.32 Å². The SMILES string of the molecule is Cc1cnc(C(C)NCc2cc(Br)ccc2[N+](=O)[O-])s1. The fraction of sp³-hybridized carbons (Fsp3) is 0.308. The van der Waals surface area contributed by atoms with Crippen molar-refractivity contribution < 1.29 is 4.92 Å². The zero-order valence-corrected chi connectivity index (χ0v) is 13.5. The van der Waals surface area contributed by atoms with Gasteiger partial charge in [0.15, 0.2) is 0 Å². The van der Waals surface area contributed by atoms with Gasteiger partial charge in [-0.15, -0.1) is 11.3 Å². The first-order chi connectivity index (χ1) is 9.47. The lowest BCUT2D eigenvalue weighted by atomic mass is 10.1. The summed E-state index contributed by atoms with van der Waals surface area (Å²) in [6.45, 7) is 4.44. The largest absolute Gasteiger partial charge is 0.304 e. The summed E-state index contributed by atoms with van der Waals surface area (Å²) in [7, 11) is 0. The number of aromatic nitrogens is 1. The fourth-order valence-corrected chi connectivity index (χ4v) is 3.01. The van der Waals surface area contributed by atoms with E-state index >= 15 is 0 Å². The molecule has 0 saturated heterocycles. The number of aryl methyl sites for hydroxylation is 1. The number of nitro groups is 1. The Morgan fingerprint density at radius 1 is 1.55 bits per heavy atom. The number of hydrogen-bond donors (Lipinski definition) is 1. The number of thiazole rings is 1. The number of halogens is 1. The molecule has 0 bridgehead atoms. The molecule has 0 saturated carbocycles. The van der Waals surface area contributed by atoms with Crippen molar-refractivity contribution in [3.05, 3.63) is 54.4 Å². The number of rotatable bonds is 5. The summed E-state index contributed by atoms with van der Waals surface area (Å²) in [5.41, 5.74) is 0.785. The van der Waals surface area contributed by atoms with Gasteiger partial charge in [0.1, 0.15) is 5.01 Å². The highest BCUT2D eigenvalue weighted by Gasteiger charge is 2.15. The Bertz CT molecular complexity index is 630. The predicted octanol–water partition coefficient (Wildman–Crippen LogP) is 3.97. The third-order valence-corrected chi connectivity index (χ3v) is 4.44. The summed E-state index contributed by atoms with van der Waals surface area (Å²) in [6, 6.07) is 5.02. The van der Waals surface area contributed by atoms with Crippen LogP contribution in [0.5, 0.6) is 0 Å². The minimum absolute atomic E-state index is 0.0623. The first kappa shape index (κ1) is 15.1. The van der Waals surface area contributed by atoms with Crippen LogP contribution in [0.25, 0.3) is 0 Å². The van der Waals surface area contributed by atoms with Gasteiger partial charge >= 0.3 is 0 Å². The Balaban J connectivity index is 2.10. The van der Waals surface area contributed by atoms with E-state index in [9.17, 15) is 10.1 Å². The molecular formula is C13H14BrN3O2S. The average molecular weight is 356 g/mol. The maximum atomic E-state index is 11.0. The molecule has 0 radical (unpaired) electrons. The number of hydrogen-bond acceptors (Lipinski definition) is 5. The highest BCUT2D eigenvalue weighted by atomic mass is 79.9. The lowest BCUT2D eigenvalue weighted by molar-refractivity contribution is -0.385. The van der Waals surface area contributed by atoms with Crippen molar-refractivity contribution in [1.82, 2.24) is 10.3 Å². The summed E-state index contributed by atoms with van der Waals surface area (Å²) in [4.78, 5) is 16.1. The van der Waals surface area contributed by atoms with Gasteiger partial charge in [0.25, 0.3) is 5.69 Å². The topological polar surface area (TPSA) is 68.1 Å². The van der Waals surface area contributed by atoms with Crippen LogP contribution < -0.4 is 5.32 Å². The maximum Gasteiger partial charge on any atom is 0.273 e. The molecule has 1 aromatic heterocycles. The molecule has 0 aliphatic carbocycles. The van der Waals surface area contributed by atoms with Crippen LogP contribution in [0, 0.1) is 17.0 Å². The van der Waals surface area contributed by atoms with Crippen LogP contribution in [0.1, 0.15) is 28.4 Å². The molecule has 0 aliphatic heterocycles. The molecule has 2 aromatic rings. The van der Waals surface area contributed by atoms with E-state index in [-0.39, 0.29) is 16.7 Å². The molecule has 2 rings (SSSR count). The Labute approximate surface area is 129 Å². The van der Waals surface area contributed by atoms with E-state index in [1.807, 2.05) is 20.0 Å². The van der Waals surface area contributed by atoms with E-state index in [0.717, 1.165) is 14.4 Å². The van der Waals surface area contributed by atoms with Gasteiger partial charge in [0.05, 0.1) is 11.0 Å². The summed E-state index contributed by atoms with van der Waals surface area (Å²) >= 11 is 4.97. The van der Waals surface area contributed by atoms with Crippen molar-refractivity contribution in [2.45, 2.75) is 26.4 Å². The van der Waals surface area contributed by atoms with Gasteiger partial charge in [-0.05, 0) is 26.0 Å². The van der Waals surface area contributed by atoms with E-state index in [2.05, 4.69) is 26.2 Å². The molecule has 20 heavy (non-hydrogen) atoms. The summed E-state index contributed by atoms with van der Waals surface area (Å²) in [6.07, 6.45) is 1.83. The van der Waals surface area contributed by atoms with Gasteiger partial charge in [-0.1, -0.05) is 15.9 Å². The third kappa shape index (κ3) is 3.62. The third-order valence-electron chi connectivity index (χ3n) is 2.85. The second-order valence-corrected chi connectivity index (χ2v) is 6.62. The second-order valence-electron chi connectivity index (χ2n) is 4.44. The standard InChI is InChI=1S/C13H14BrN3O2S/c1-8-6-16-13(20-8)9(2)15-7-10-5-11(14)3-4-12(10)17(18)19/h3-6,9,15H,7H2,1-2H3. The van der Waals surface area contributed by atoms with Crippen LogP contribution in [0.3, 0.4) is 0 Å². The molecule has 0 amide bonds. The maximum absolute atomic E-state index is 11.0. The van der Waals surface area contributed by atoms with Crippen LogP contribution >= 0.6 is 27.3 Å². The molecule has 1 atom stereocenters. The highest BCUT2D eigenvalue weighted by molar-refractivity contribution is 9.10. The zero-order chi connectivity index (χ0) is 14.7. The van der Waals surface area contributed by atoms with Crippen LogP contribution in [-0.4, -0.2) is 9.91 Å². The van der Waals surface area contributed by atoms with Gasteiger partial charge in [-0.2, -0.15) is 0 Å². The molecule has 1 N–H and O–H groups in total. The van der Waals surface area contributed by atoms with Crippen LogP contribution in [0.2, 0.25) is 0 Å². The Morgan fingerprint density at radius 2 is 2.30 bits per heavy atom. The molecule has 1 unspecified atom stereocenters. The van der Waals surface area contributed by atoms with Gasteiger partial charge in [0, 0.05) is 33.7 Å². The van der Waals surface area contributed by atoms with E-state index in [0.29, 0.717) is 12.1 Å². The minimum atomic E-state index is -0.359. The number of nitrogens with zero attached hydrogens (tertiary/aromatic N) is 2. The first-order valence-corrected chi connectivity index (χ1v) is 7.67. The minimum Gasteiger partial charge on any atom is -0.304 e. The second kappa shape index (κ2) is 6.43. The number of benzene rings is 1. The van der Waals surface area contributed by atoms with Crippen molar-refractivity contribution in [3.63, 3.8) is 0 Å². The monoisotopic (exact) mass is 355 g/mol. The van der Waals surface area contributed by atoms with Crippen LogP contribution in [0.4, 0.5) is 5.69 Å².